The van der Waals surface area contributed by atoms with Crippen molar-refractivity contribution in [3.63, 3.8) is 0 Å². The molecule has 3 rings (SSSR count). The molecule has 1 aromatic carbocycles. The molecule has 0 radical (unpaired) electrons. The molecular weight excluding hydrogens is 310 g/mol. The Hall–Kier alpha value is -2.48. The fourth-order valence-electron chi connectivity index (χ4n) is 2.36. The van der Waals surface area contributed by atoms with Crippen LogP contribution >= 0.6 is 11.8 Å². The SMILES string of the molecule is C=CCn1cnnc1SCc1nnnn1-c1c(C)cccc1C. The second-order valence-corrected chi connectivity index (χ2v) is 6.03. The van der Waals surface area contributed by atoms with E-state index in [1.54, 1.807) is 22.8 Å². The van der Waals surface area contributed by atoms with Crippen LogP contribution in [0.15, 0.2) is 42.3 Å². The Kier molecular flexibility index (Phi) is 4.52. The van der Waals surface area contributed by atoms with E-state index in [0.717, 1.165) is 27.8 Å². The molecule has 0 atom stereocenters. The van der Waals surface area contributed by atoms with Crippen LogP contribution in [0.4, 0.5) is 0 Å². The van der Waals surface area contributed by atoms with Gasteiger partial charge in [-0.2, -0.15) is 4.68 Å². The molecule has 0 amide bonds. The van der Waals surface area contributed by atoms with E-state index in [1.807, 2.05) is 16.7 Å². The zero-order valence-electron chi connectivity index (χ0n) is 13.0. The van der Waals surface area contributed by atoms with Crippen molar-refractivity contribution in [2.24, 2.45) is 0 Å². The number of hydrogen-bond acceptors (Lipinski definition) is 6. The van der Waals surface area contributed by atoms with Gasteiger partial charge in [0.1, 0.15) is 6.33 Å². The lowest BCUT2D eigenvalue weighted by molar-refractivity contribution is 0.723. The molecule has 0 fully saturated rings. The minimum Gasteiger partial charge on any atom is -0.305 e. The number of rotatable bonds is 6. The third kappa shape index (κ3) is 3.16. The van der Waals surface area contributed by atoms with Gasteiger partial charge in [0.05, 0.1) is 11.4 Å². The summed E-state index contributed by atoms with van der Waals surface area (Å²) in [5.74, 6) is 1.39. The Morgan fingerprint density at radius 2 is 2.00 bits per heavy atom. The molecular formula is C15H17N7S. The second kappa shape index (κ2) is 6.74. The number of benzene rings is 1. The number of allylic oxidation sites excluding steroid dienone is 1. The van der Waals surface area contributed by atoms with Gasteiger partial charge in [0.15, 0.2) is 11.0 Å². The van der Waals surface area contributed by atoms with Crippen LogP contribution in [0.25, 0.3) is 5.69 Å². The molecule has 23 heavy (non-hydrogen) atoms. The maximum Gasteiger partial charge on any atom is 0.191 e. The van der Waals surface area contributed by atoms with Crippen LogP contribution in [0.1, 0.15) is 17.0 Å². The molecule has 2 heterocycles. The minimum atomic E-state index is 0.608. The summed E-state index contributed by atoms with van der Waals surface area (Å²) < 4.78 is 3.73. The van der Waals surface area contributed by atoms with Crippen LogP contribution in [-0.4, -0.2) is 35.0 Å². The summed E-state index contributed by atoms with van der Waals surface area (Å²) in [5, 5.41) is 21.0. The third-order valence-electron chi connectivity index (χ3n) is 3.42. The molecule has 0 saturated carbocycles. The standard InChI is InChI=1S/C15H17N7S/c1-4-8-21-10-16-18-15(21)23-9-13-17-19-20-22(13)14-11(2)6-5-7-12(14)3/h4-7,10H,1,8-9H2,2-3H3. The quantitative estimate of drug-likeness (QED) is 0.511. The normalized spacial score (nSPS) is 10.9. The van der Waals surface area contributed by atoms with Gasteiger partial charge in [0, 0.05) is 6.54 Å². The number of thioether (sulfide) groups is 1. The maximum absolute atomic E-state index is 4.15. The number of nitrogens with zero attached hydrogens (tertiary/aromatic N) is 7. The first kappa shape index (κ1) is 15.4. The Morgan fingerprint density at radius 3 is 2.74 bits per heavy atom. The van der Waals surface area contributed by atoms with Crippen LogP contribution in [0.3, 0.4) is 0 Å². The van der Waals surface area contributed by atoms with E-state index in [2.05, 4.69) is 58.3 Å². The van der Waals surface area contributed by atoms with Crippen molar-refractivity contribution in [1.82, 2.24) is 35.0 Å². The first-order valence-electron chi connectivity index (χ1n) is 7.16. The van der Waals surface area contributed by atoms with Crippen molar-refractivity contribution in [1.29, 1.82) is 0 Å². The summed E-state index contributed by atoms with van der Waals surface area (Å²) in [6, 6.07) is 6.15. The highest BCUT2D eigenvalue weighted by Crippen LogP contribution is 2.23. The topological polar surface area (TPSA) is 74.3 Å². The van der Waals surface area contributed by atoms with Gasteiger partial charge in [-0.15, -0.1) is 21.9 Å². The summed E-state index contributed by atoms with van der Waals surface area (Å²) in [6.45, 7) is 8.53. The summed E-state index contributed by atoms with van der Waals surface area (Å²) in [7, 11) is 0. The highest BCUT2D eigenvalue weighted by molar-refractivity contribution is 7.98. The molecule has 0 bridgehead atoms. The highest BCUT2D eigenvalue weighted by Gasteiger charge is 2.14. The monoisotopic (exact) mass is 327 g/mol. The highest BCUT2D eigenvalue weighted by atomic mass is 32.2. The number of para-hydroxylation sites is 1. The molecule has 0 N–H and O–H groups in total. The number of aryl methyl sites for hydroxylation is 2. The summed E-state index contributed by atoms with van der Waals surface area (Å²) >= 11 is 1.55. The summed E-state index contributed by atoms with van der Waals surface area (Å²) in [6.07, 6.45) is 3.51. The van der Waals surface area contributed by atoms with Gasteiger partial charge in [0.25, 0.3) is 0 Å². The molecule has 3 aromatic rings. The molecule has 0 aliphatic rings. The van der Waals surface area contributed by atoms with Crippen LogP contribution in [-0.2, 0) is 12.3 Å². The second-order valence-electron chi connectivity index (χ2n) is 5.09. The van der Waals surface area contributed by atoms with Crippen molar-refractivity contribution in [3.05, 3.63) is 54.1 Å². The van der Waals surface area contributed by atoms with E-state index in [0.29, 0.717) is 12.3 Å². The lowest BCUT2D eigenvalue weighted by Gasteiger charge is -2.10. The van der Waals surface area contributed by atoms with E-state index in [1.165, 1.54) is 0 Å². The van der Waals surface area contributed by atoms with E-state index in [-0.39, 0.29) is 0 Å². The van der Waals surface area contributed by atoms with E-state index in [4.69, 9.17) is 0 Å². The number of tetrazole rings is 1. The number of aromatic nitrogens is 7. The average molecular weight is 327 g/mol. The van der Waals surface area contributed by atoms with Crippen LogP contribution < -0.4 is 0 Å². The Bertz CT molecular complexity index is 801. The molecule has 2 aromatic heterocycles. The van der Waals surface area contributed by atoms with Gasteiger partial charge in [-0.05, 0) is 35.4 Å². The fraction of sp³-hybridized carbons (Fsp3) is 0.267. The maximum atomic E-state index is 4.15. The van der Waals surface area contributed by atoms with Crippen LogP contribution in [0, 0.1) is 13.8 Å². The molecule has 0 saturated heterocycles. The van der Waals surface area contributed by atoms with E-state index >= 15 is 0 Å². The fourth-order valence-corrected chi connectivity index (χ4v) is 3.19. The van der Waals surface area contributed by atoms with Crippen molar-refractivity contribution in [2.45, 2.75) is 31.3 Å². The molecule has 118 valence electrons. The van der Waals surface area contributed by atoms with Crippen molar-refractivity contribution in [2.75, 3.05) is 0 Å². The predicted octanol–water partition coefficient (Wildman–Crippen LogP) is 2.35. The Balaban J connectivity index is 1.84. The molecule has 0 spiro atoms. The largest absolute Gasteiger partial charge is 0.305 e. The third-order valence-corrected chi connectivity index (χ3v) is 4.40. The van der Waals surface area contributed by atoms with Crippen molar-refractivity contribution < 1.29 is 0 Å². The Labute approximate surface area is 138 Å². The van der Waals surface area contributed by atoms with Gasteiger partial charge in [-0.3, -0.25) is 0 Å². The zero-order valence-corrected chi connectivity index (χ0v) is 13.9. The molecule has 7 nitrogen and oxygen atoms in total. The first-order valence-corrected chi connectivity index (χ1v) is 8.14. The Morgan fingerprint density at radius 1 is 1.22 bits per heavy atom. The van der Waals surface area contributed by atoms with Gasteiger partial charge in [-0.25, -0.2) is 0 Å². The summed E-state index contributed by atoms with van der Waals surface area (Å²) in [5.41, 5.74) is 3.30. The molecule has 0 unspecified atom stereocenters. The van der Waals surface area contributed by atoms with Gasteiger partial charge >= 0.3 is 0 Å². The predicted molar refractivity (Wildman–Crippen MR) is 88.4 cm³/mol. The van der Waals surface area contributed by atoms with Crippen molar-refractivity contribution in [3.8, 4) is 5.69 Å². The van der Waals surface area contributed by atoms with Gasteiger partial charge < -0.3 is 4.57 Å². The lowest BCUT2D eigenvalue weighted by Crippen LogP contribution is -2.06. The average Bonchev–Trinajstić information content (AvgIpc) is 3.15. The van der Waals surface area contributed by atoms with Gasteiger partial charge in [0.2, 0.25) is 0 Å². The number of hydrogen-bond donors (Lipinski definition) is 0. The summed E-state index contributed by atoms with van der Waals surface area (Å²) in [4.78, 5) is 0. The van der Waals surface area contributed by atoms with Crippen LogP contribution in [0.2, 0.25) is 0 Å². The zero-order chi connectivity index (χ0) is 16.2. The van der Waals surface area contributed by atoms with Gasteiger partial charge in [-0.1, -0.05) is 36.0 Å². The molecule has 0 aliphatic heterocycles. The van der Waals surface area contributed by atoms with E-state index < -0.39 is 0 Å². The first-order chi connectivity index (χ1) is 11.2. The van der Waals surface area contributed by atoms with E-state index in [9.17, 15) is 0 Å². The lowest BCUT2D eigenvalue weighted by atomic mass is 10.1. The minimum absolute atomic E-state index is 0.608. The van der Waals surface area contributed by atoms with Crippen molar-refractivity contribution >= 4 is 11.8 Å². The molecule has 8 heteroatoms. The van der Waals surface area contributed by atoms with Crippen LogP contribution in [0.5, 0.6) is 0 Å². The molecule has 0 aliphatic carbocycles. The smallest absolute Gasteiger partial charge is 0.191 e.